The van der Waals surface area contributed by atoms with E-state index in [2.05, 4.69) is 20.4 Å². The van der Waals surface area contributed by atoms with Crippen molar-refractivity contribution in [2.24, 2.45) is 0 Å². The lowest BCUT2D eigenvalue weighted by molar-refractivity contribution is -0.138. The van der Waals surface area contributed by atoms with Crippen molar-refractivity contribution in [1.82, 2.24) is 25.2 Å². The number of carboxylic acids is 1. The van der Waals surface area contributed by atoms with Crippen LogP contribution in [0, 0.1) is 0 Å². The van der Waals surface area contributed by atoms with Crippen LogP contribution in [0.2, 0.25) is 0 Å². The van der Waals surface area contributed by atoms with Gasteiger partial charge in [-0.1, -0.05) is 12.1 Å². The summed E-state index contributed by atoms with van der Waals surface area (Å²) in [5.74, 6) is -1.01. The molecule has 0 aliphatic heterocycles. The zero-order chi connectivity index (χ0) is 13.2. The molecule has 19 heavy (non-hydrogen) atoms. The molecule has 0 aliphatic rings. The van der Waals surface area contributed by atoms with Crippen molar-refractivity contribution in [3.05, 3.63) is 24.3 Å². The van der Waals surface area contributed by atoms with Gasteiger partial charge in [-0.3, -0.25) is 4.79 Å². The summed E-state index contributed by atoms with van der Waals surface area (Å²) in [7, 11) is 0. The van der Waals surface area contributed by atoms with Crippen LogP contribution in [0.5, 0.6) is 0 Å². The fourth-order valence-corrected chi connectivity index (χ4v) is 3.30. The highest BCUT2D eigenvalue weighted by molar-refractivity contribution is 8.01. The highest BCUT2D eigenvalue weighted by Gasteiger charge is 2.10. The quantitative estimate of drug-likeness (QED) is 0.779. The van der Waals surface area contributed by atoms with Crippen LogP contribution in [0.25, 0.3) is 10.2 Å². The maximum absolute atomic E-state index is 10.5. The fraction of sp³-hybridized carbons (Fsp3) is 0.100. The Bertz CT molecular complexity index is 705. The van der Waals surface area contributed by atoms with Gasteiger partial charge in [0.15, 0.2) is 10.9 Å². The number of tetrazole rings is 1. The van der Waals surface area contributed by atoms with Gasteiger partial charge in [0, 0.05) is 0 Å². The second kappa shape index (κ2) is 4.94. The molecular weight excluding hydrogens is 286 g/mol. The van der Waals surface area contributed by atoms with Crippen molar-refractivity contribution in [2.75, 3.05) is 0 Å². The van der Waals surface area contributed by atoms with Gasteiger partial charge in [-0.25, -0.2) is 4.98 Å². The molecule has 0 radical (unpaired) electrons. The molecule has 0 aliphatic carbocycles. The van der Waals surface area contributed by atoms with E-state index in [1.54, 1.807) is 0 Å². The summed E-state index contributed by atoms with van der Waals surface area (Å²) < 4.78 is 1.89. The first-order chi connectivity index (χ1) is 9.20. The molecule has 7 nitrogen and oxygen atoms in total. The van der Waals surface area contributed by atoms with Gasteiger partial charge in [0.1, 0.15) is 0 Å². The minimum Gasteiger partial charge on any atom is -0.480 e. The van der Waals surface area contributed by atoms with E-state index < -0.39 is 5.97 Å². The zero-order valence-electron chi connectivity index (χ0n) is 9.42. The Morgan fingerprint density at radius 2 is 2.26 bits per heavy atom. The molecule has 0 bridgehead atoms. The molecule has 3 rings (SSSR count). The second-order valence-electron chi connectivity index (χ2n) is 3.55. The molecule has 0 atom stereocenters. The van der Waals surface area contributed by atoms with Crippen LogP contribution in [0.3, 0.4) is 0 Å². The molecule has 96 valence electrons. The van der Waals surface area contributed by atoms with Crippen molar-refractivity contribution >= 4 is 39.3 Å². The molecule has 0 unspecified atom stereocenters. The minimum atomic E-state index is -1.01. The lowest BCUT2D eigenvalue weighted by Crippen LogP contribution is -2.11. The standard InChI is InChI=1S/C10H7N5O2S2/c16-8(17)5-15-13-9(12-14-15)19-10-11-6-3-1-2-4-7(6)18-10/h1-4H,5H2,(H,16,17). The fourth-order valence-electron chi connectivity index (χ4n) is 1.43. The Labute approximate surface area is 115 Å². The summed E-state index contributed by atoms with van der Waals surface area (Å²) in [5.41, 5.74) is 0.924. The van der Waals surface area contributed by atoms with E-state index in [0.717, 1.165) is 19.4 Å². The molecule has 1 N–H and O–H groups in total. The predicted octanol–water partition coefficient (Wildman–Crippen LogP) is 1.52. The molecule has 3 aromatic rings. The first kappa shape index (κ1) is 12.1. The van der Waals surface area contributed by atoms with Crippen molar-refractivity contribution in [3.8, 4) is 0 Å². The topological polar surface area (TPSA) is 93.8 Å². The normalized spacial score (nSPS) is 10.9. The molecule has 0 saturated carbocycles. The van der Waals surface area contributed by atoms with E-state index in [1.807, 2.05) is 24.3 Å². The maximum Gasteiger partial charge on any atom is 0.327 e. The van der Waals surface area contributed by atoms with E-state index in [9.17, 15) is 4.79 Å². The van der Waals surface area contributed by atoms with Gasteiger partial charge in [-0.2, -0.15) is 4.80 Å². The van der Waals surface area contributed by atoms with Crippen LogP contribution in [0.1, 0.15) is 0 Å². The second-order valence-corrected chi connectivity index (χ2v) is 5.79. The highest BCUT2D eigenvalue weighted by atomic mass is 32.2. The number of nitrogens with zero attached hydrogens (tertiary/aromatic N) is 5. The molecular formula is C10H7N5O2S2. The molecule has 9 heteroatoms. The number of aromatic nitrogens is 5. The number of carboxylic acid groups (broad SMARTS) is 1. The number of fused-ring (bicyclic) bond motifs is 1. The first-order valence-corrected chi connectivity index (χ1v) is 6.87. The van der Waals surface area contributed by atoms with Crippen molar-refractivity contribution in [2.45, 2.75) is 16.0 Å². The van der Waals surface area contributed by atoms with Crippen LogP contribution < -0.4 is 0 Å². The van der Waals surface area contributed by atoms with E-state index in [-0.39, 0.29) is 6.54 Å². The number of aliphatic carboxylic acids is 1. The number of rotatable bonds is 4. The average Bonchev–Trinajstić information content (AvgIpc) is 2.94. The molecule has 0 spiro atoms. The SMILES string of the molecule is O=C(O)Cn1nnc(Sc2nc3ccccc3s2)n1. The van der Waals surface area contributed by atoms with Gasteiger partial charge < -0.3 is 5.11 Å². The number of para-hydroxylation sites is 1. The smallest absolute Gasteiger partial charge is 0.327 e. The Balaban J connectivity index is 1.80. The summed E-state index contributed by atoms with van der Waals surface area (Å²) >= 11 is 2.80. The van der Waals surface area contributed by atoms with Gasteiger partial charge in [0.25, 0.3) is 0 Å². The Morgan fingerprint density at radius 1 is 1.42 bits per heavy atom. The monoisotopic (exact) mass is 293 g/mol. The summed E-state index contributed by atoms with van der Waals surface area (Å²) in [5, 5.41) is 20.4. The Morgan fingerprint density at radius 3 is 3.05 bits per heavy atom. The van der Waals surface area contributed by atoms with Crippen LogP contribution >= 0.6 is 23.1 Å². The lowest BCUT2D eigenvalue weighted by atomic mass is 10.3. The highest BCUT2D eigenvalue weighted by Crippen LogP contribution is 2.32. The number of carbonyl (C=O) groups is 1. The Kier molecular flexibility index (Phi) is 3.13. The first-order valence-electron chi connectivity index (χ1n) is 5.24. The van der Waals surface area contributed by atoms with Crippen LogP contribution in [0.15, 0.2) is 33.8 Å². The molecule has 0 saturated heterocycles. The molecule has 0 fully saturated rings. The summed E-state index contributed by atoms with van der Waals surface area (Å²) in [6.45, 7) is -0.298. The molecule has 0 amide bonds. The predicted molar refractivity (Wildman–Crippen MR) is 69.2 cm³/mol. The van der Waals surface area contributed by atoms with E-state index in [1.165, 1.54) is 23.1 Å². The molecule has 2 heterocycles. The number of thiazole rings is 1. The van der Waals surface area contributed by atoms with Gasteiger partial charge >= 0.3 is 5.97 Å². The number of hydrogen-bond donors (Lipinski definition) is 1. The molecule has 2 aromatic heterocycles. The van der Waals surface area contributed by atoms with Gasteiger partial charge in [0.05, 0.1) is 10.2 Å². The maximum atomic E-state index is 10.5. The van der Waals surface area contributed by atoms with Crippen molar-refractivity contribution in [1.29, 1.82) is 0 Å². The largest absolute Gasteiger partial charge is 0.480 e. The van der Waals surface area contributed by atoms with Crippen molar-refractivity contribution in [3.63, 3.8) is 0 Å². The molecule has 1 aromatic carbocycles. The summed E-state index contributed by atoms with van der Waals surface area (Å²) in [6, 6.07) is 7.81. The van der Waals surface area contributed by atoms with Gasteiger partial charge in [-0.15, -0.1) is 21.5 Å². The zero-order valence-corrected chi connectivity index (χ0v) is 11.1. The van der Waals surface area contributed by atoms with E-state index in [0.29, 0.717) is 5.16 Å². The third-order valence-corrected chi connectivity index (χ3v) is 4.11. The van der Waals surface area contributed by atoms with Crippen molar-refractivity contribution < 1.29 is 9.90 Å². The summed E-state index contributed by atoms with van der Waals surface area (Å²) in [4.78, 5) is 16.0. The van der Waals surface area contributed by atoms with Crippen LogP contribution in [-0.2, 0) is 11.3 Å². The summed E-state index contributed by atoms with van der Waals surface area (Å²) in [6.07, 6.45) is 0. The van der Waals surface area contributed by atoms with E-state index >= 15 is 0 Å². The minimum absolute atomic E-state index is 0.298. The van der Waals surface area contributed by atoms with Crippen LogP contribution in [-0.4, -0.2) is 36.3 Å². The van der Waals surface area contributed by atoms with Crippen LogP contribution in [0.4, 0.5) is 0 Å². The third kappa shape index (κ3) is 2.71. The van der Waals surface area contributed by atoms with Gasteiger partial charge in [0.2, 0.25) is 5.16 Å². The third-order valence-electron chi connectivity index (χ3n) is 2.16. The Hall–Kier alpha value is -2.00. The number of benzene rings is 1. The number of hydrogen-bond acceptors (Lipinski definition) is 7. The van der Waals surface area contributed by atoms with Gasteiger partial charge in [-0.05, 0) is 29.1 Å². The van der Waals surface area contributed by atoms with E-state index in [4.69, 9.17) is 5.11 Å². The lowest BCUT2D eigenvalue weighted by Gasteiger charge is -1.89. The average molecular weight is 293 g/mol.